The molecule has 5 aromatic rings. The molecule has 0 saturated heterocycles. The van der Waals surface area contributed by atoms with Crippen LogP contribution in [0.5, 0.6) is 23.0 Å². The highest BCUT2D eigenvalue weighted by atomic mass is 16.7. The van der Waals surface area contributed by atoms with Crippen LogP contribution in [0.4, 0.5) is 16.2 Å². The molecule has 2 aliphatic rings. The van der Waals surface area contributed by atoms with Gasteiger partial charge in [0.2, 0.25) is 12.7 Å². The summed E-state index contributed by atoms with van der Waals surface area (Å²) in [4.78, 5) is 70.9. The first-order valence-corrected chi connectivity index (χ1v) is 16.0. The summed E-state index contributed by atoms with van der Waals surface area (Å²) in [6.07, 6.45) is 3.51. The summed E-state index contributed by atoms with van der Waals surface area (Å²) < 4.78 is 24.1. The van der Waals surface area contributed by atoms with Gasteiger partial charge < -0.3 is 34.6 Å². The molecule has 0 spiro atoms. The van der Waals surface area contributed by atoms with Crippen molar-refractivity contribution in [1.29, 1.82) is 0 Å². The molecule has 3 N–H and O–H groups in total. The van der Waals surface area contributed by atoms with Crippen molar-refractivity contribution >= 4 is 67.8 Å². The molecule has 0 bridgehead atoms. The minimum Gasteiger partial charge on any atom is -0.493 e. The molecule has 3 aromatic carbocycles. The van der Waals surface area contributed by atoms with Crippen molar-refractivity contribution in [2.45, 2.75) is 19.4 Å². The summed E-state index contributed by atoms with van der Waals surface area (Å²) >= 11 is 0. The minimum atomic E-state index is -0.820. The molecule has 4 heterocycles. The second-order valence-corrected chi connectivity index (χ2v) is 11.8. The summed E-state index contributed by atoms with van der Waals surface area (Å²) in [6.45, 7) is 0.577. The molecule has 260 valence electrons. The maximum atomic E-state index is 14.1. The number of nitrogens with one attached hydrogen (secondary N) is 1. The molecule has 2 aromatic heterocycles. The second-order valence-electron chi connectivity index (χ2n) is 11.8. The van der Waals surface area contributed by atoms with Crippen molar-refractivity contribution in [3.8, 4) is 23.0 Å². The largest absolute Gasteiger partial charge is 0.493 e. The van der Waals surface area contributed by atoms with E-state index in [2.05, 4.69) is 10.3 Å². The topological polar surface area (TPSA) is 185 Å². The van der Waals surface area contributed by atoms with Crippen LogP contribution in [0.25, 0.3) is 32.6 Å². The first kappa shape index (κ1) is 33.0. The molecule has 0 saturated carbocycles. The number of nitrogens with two attached hydrogens (primary N) is 1. The van der Waals surface area contributed by atoms with E-state index in [1.165, 1.54) is 37.3 Å². The number of benzene rings is 3. The Hall–Kier alpha value is -6.48. The molecule has 0 aliphatic carbocycles. The molecule has 2 aliphatic heterocycles. The number of carbonyl (C=O) groups excluding carboxylic acids is 4. The van der Waals surface area contributed by atoms with Crippen molar-refractivity contribution in [2.24, 2.45) is 5.73 Å². The van der Waals surface area contributed by atoms with Crippen LogP contribution >= 0.6 is 0 Å². The average molecular weight is 693 g/mol. The standard InChI is InChI=1S/C36H32N6O9/c1-40(26-7-4-3-6-24(26)39-31(43)8-5-12-41-32(44)9-10-33(41)45)36(47)51-30-15-21-20(14-27(30)48-2)23-18-38-25-17-29-28(49-19-50-29)16-22(25)34(23)42(13-11-37)35(21)46/h3-4,6-7,9-10,14-18H,5,8,11-13,19,37H2,1-2H3,(H,39,43). The number of pyridine rings is 2. The number of methoxy groups -OCH3 is 1. The van der Waals surface area contributed by atoms with E-state index < -0.39 is 17.9 Å². The maximum absolute atomic E-state index is 14.1. The lowest BCUT2D eigenvalue weighted by molar-refractivity contribution is -0.137. The minimum absolute atomic E-state index is 0.00303. The third kappa shape index (κ3) is 6.03. The number of nitrogens with zero attached hydrogens (tertiary/aromatic N) is 4. The van der Waals surface area contributed by atoms with Crippen LogP contribution in [0, 0.1) is 0 Å². The Labute approximate surface area is 289 Å². The molecule has 4 amide bonds. The maximum Gasteiger partial charge on any atom is 0.419 e. The van der Waals surface area contributed by atoms with Crippen LogP contribution in [0.2, 0.25) is 0 Å². The Balaban J connectivity index is 1.17. The van der Waals surface area contributed by atoms with Crippen molar-refractivity contribution in [3.63, 3.8) is 0 Å². The molecule has 15 nitrogen and oxygen atoms in total. The third-order valence-electron chi connectivity index (χ3n) is 8.72. The van der Waals surface area contributed by atoms with Crippen LogP contribution in [0.3, 0.4) is 0 Å². The summed E-state index contributed by atoms with van der Waals surface area (Å²) in [5.74, 6) is 0.0944. The number of para-hydroxylation sites is 2. The van der Waals surface area contributed by atoms with E-state index in [0.717, 1.165) is 4.90 Å². The highest BCUT2D eigenvalue weighted by molar-refractivity contribution is 6.15. The monoisotopic (exact) mass is 692 g/mol. The number of hydrogen-bond donors (Lipinski definition) is 2. The number of fused-ring (bicyclic) bond motifs is 6. The summed E-state index contributed by atoms with van der Waals surface area (Å²) in [5.41, 5.74) is 7.50. The van der Waals surface area contributed by atoms with Crippen molar-refractivity contribution in [3.05, 3.63) is 77.2 Å². The van der Waals surface area contributed by atoms with Gasteiger partial charge in [-0.1, -0.05) is 12.1 Å². The molecule has 0 radical (unpaired) electrons. The number of aromatic nitrogens is 2. The Morgan fingerprint density at radius 2 is 1.67 bits per heavy atom. The molecule has 7 rings (SSSR count). The Kier molecular flexibility index (Phi) is 8.70. The van der Waals surface area contributed by atoms with Gasteiger partial charge in [0.1, 0.15) is 0 Å². The average Bonchev–Trinajstić information content (AvgIpc) is 3.73. The van der Waals surface area contributed by atoms with Gasteiger partial charge in [-0.05, 0) is 36.8 Å². The predicted molar refractivity (Wildman–Crippen MR) is 187 cm³/mol. The molecular weight excluding hydrogens is 660 g/mol. The number of amides is 4. The van der Waals surface area contributed by atoms with Gasteiger partial charge in [-0.3, -0.25) is 34.0 Å². The van der Waals surface area contributed by atoms with Crippen LogP contribution in [-0.4, -0.2) is 72.3 Å². The quantitative estimate of drug-likeness (QED) is 0.161. The van der Waals surface area contributed by atoms with E-state index in [1.54, 1.807) is 53.2 Å². The molecule has 15 heteroatoms. The zero-order valence-electron chi connectivity index (χ0n) is 27.6. The number of ether oxygens (including phenoxy) is 4. The third-order valence-corrected chi connectivity index (χ3v) is 8.72. The second kappa shape index (κ2) is 13.4. The molecule has 0 unspecified atom stereocenters. The van der Waals surface area contributed by atoms with Crippen LogP contribution in [0.15, 0.2) is 71.7 Å². The van der Waals surface area contributed by atoms with Gasteiger partial charge in [0.25, 0.3) is 17.4 Å². The first-order chi connectivity index (χ1) is 24.7. The van der Waals surface area contributed by atoms with Crippen molar-refractivity contribution in [1.82, 2.24) is 14.5 Å². The van der Waals surface area contributed by atoms with Gasteiger partial charge in [-0.15, -0.1) is 0 Å². The number of hydrogen-bond acceptors (Lipinski definition) is 11. The van der Waals surface area contributed by atoms with Crippen molar-refractivity contribution in [2.75, 3.05) is 44.3 Å². The van der Waals surface area contributed by atoms with Gasteiger partial charge in [0.05, 0.1) is 34.9 Å². The Bertz CT molecular complexity index is 2350. The normalized spacial score (nSPS) is 13.4. The van der Waals surface area contributed by atoms with Crippen LogP contribution in [0.1, 0.15) is 12.8 Å². The van der Waals surface area contributed by atoms with E-state index in [-0.39, 0.29) is 67.6 Å². The first-order valence-electron chi connectivity index (χ1n) is 16.0. The zero-order chi connectivity index (χ0) is 35.8. The Morgan fingerprint density at radius 1 is 0.941 bits per heavy atom. The fourth-order valence-electron chi connectivity index (χ4n) is 6.24. The lowest BCUT2D eigenvalue weighted by atomic mass is 10.0. The van der Waals surface area contributed by atoms with E-state index in [4.69, 9.17) is 24.7 Å². The number of imide groups is 1. The number of carbonyl (C=O) groups is 4. The van der Waals surface area contributed by atoms with Crippen LogP contribution in [-0.2, 0) is 20.9 Å². The lowest BCUT2D eigenvalue weighted by Gasteiger charge is -2.21. The van der Waals surface area contributed by atoms with E-state index >= 15 is 0 Å². The lowest BCUT2D eigenvalue weighted by Crippen LogP contribution is -2.32. The molecule has 51 heavy (non-hydrogen) atoms. The highest BCUT2D eigenvalue weighted by Gasteiger charge is 2.25. The molecule has 0 atom stereocenters. The molecular formula is C36H32N6O9. The van der Waals surface area contributed by atoms with Crippen molar-refractivity contribution < 1.29 is 38.1 Å². The summed E-state index contributed by atoms with van der Waals surface area (Å²) in [5, 5.41) is 4.90. The smallest absolute Gasteiger partial charge is 0.419 e. The van der Waals surface area contributed by atoms with Gasteiger partial charge in [-0.25, -0.2) is 4.79 Å². The zero-order valence-corrected chi connectivity index (χ0v) is 27.6. The Morgan fingerprint density at radius 3 is 2.41 bits per heavy atom. The number of rotatable bonds is 10. The number of anilines is 2. The highest BCUT2D eigenvalue weighted by Crippen LogP contribution is 2.40. The van der Waals surface area contributed by atoms with E-state index in [1.807, 2.05) is 0 Å². The SMILES string of the molecule is COc1cc2c(cc1OC(=O)N(C)c1ccccc1NC(=O)CCCN1C(=O)C=CC1=O)c(=O)n(CCN)c1c3cc4c(cc3ncc21)OCO4. The fraction of sp³-hybridized carbons (Fsp3) is 0.222. The van der Waals surface area contributed by atoms with E-state index in [9.17, 15) is 24.0 Å². The predicted octanol–water partition coefficient (Wildman–Crippen LogP) is 3.68. The van der Waals surface area contributed by atoms with Crippen LogP contribution < -0.4 is 40.5 Å². The van der Waals surface area contributed by atoms with Gasteiger partial charge >= 0.3 is 6.09 Å². The molecule has 0 fully saturated rings. The van der Waals surface area contributed by atoms with E-state index in [0.29, 0.717) is 50.1 Å². The summed E-state index contributed by atoms with van der Waals surface area (Å²) in [7, 11) is 2.90. The fourth-order valence-corrected chi connectivity index (χ4v) is 6.24. The summed E-state index contributed by atoms with van der Waals surface area (Å²) in [6, 6.07) is 13.3. The van der Waals surface area contributed by atoms with Gasteiger partial charge in [0, 0.05) is 73.7 Å². The van der Waals surface area contributed by atoms with Gasteiger partial charge in [0.15, 0.2) is 23.0 Å². The van der Waals surface area contributed by atoms with Gasteiger partial charge in [-0.2, -0.15) is 0 Å².